The monoisotopic (exact) mass is 271 g/mol. The zero-order valence-corrected chi connectivity index (χ0v) is 10.2. The molecule has 9 heteroatoms. The first-order chi connectivity index (χ1) is 8.49. The second kappa shape index (κ2) is 4.73. The quantitative estimate of drug-likeness (QED) is 0.493. The van der Waals surface area contributed by atoms with Crippen LogP contribution in [0.15, 0.2) is 6.20 Å². The SMILES string of the molecule is CN1CCC(Nc2nc(Cl)ncc2[N+](=O)[O-])C1=O. The first kappa shape index (κ1) is 12.5. The van der Waals surface area contributed by atoms with Crippen molar-refractivity contribution in [3.8, 4) is 0 Å². The number of likely N-dealkylation sites (tertiary alicyclic amines) is 1. The maximum absolute atomic E-state index is 11.7. The highest BCUT2D eigenvalue weighted by molar-refractivity contribution is 6.28. The predicted octanol–water partition coefficient (Wildman–Crippen LogP) is 0.681. The molecule has 1 aliphatic heterocycles. The Morgan fingerprint density at radius 2 is 2.39 bits per heavy atom. The molecular weight excluding hydrogens is 262 g/mol. The van der Waals surface area contributed by atoms with Crippen molar-refractivity contribution in [3.05, 3.63) is 21.6 Å². The van der Waals surface area contributed by atoms with Crippen LogP contribution in [0.5, 0.6) is 0 Å². The van der Waals surface area contributed by atoms with E-state index in [1.54, 1.807) is 11.9 Å². The molecule has 0 radical (unpaired) electrons. The van der Waals surface area contributed by atoms with Crippen LogP contribution in [0.1, 0.15) is 6.42 Å². The number of carbonyl (C=O) groups excluding carboxylic acids is 1. The summed E-state index contributed by atoms with van der Waals surface area (Å²) in [4.78, 5) is 30.7. The second-order valence-electron chi connectivity index (χ2n) is 3.88. The van der Waals surface area contributed by atoms with Gasteiger partial charge in [-0.1, -0.05) is 0 Å². The van der Waals surface area contributed by atoms with Gasteiger partial charge in [0.2, 0.25) is 17.0 Å². The topological polar surface area (TPSA) is 101 Å². The number of anilines is 1. The Bertz CT molecular complexity index is 509. The van der Waals surface area contributed by atoms with Crippen LogP contribution >= 0.6 is 11.6 Å². The third-order valence-electron chi connectivity index (χ3n) is 2.68. The van der Waals surface area contributed by atoms with E-state index in [1.165, 1.54) is 0 Å². The molecule has 0 aliphatic carbocycles. The summed E-state index contributed by atoms with van der Waals surface area (Å²) < 4.78 is 0. The van der Waals surface area contributed by atoms with E-state index in [0.717, 1.165) is 6.20 Å². The van der Waals surface area contributed by atoms with Gasteiger partial charge in [-0.2, -0.15) is 4.98 Å². The molecule has 18 heavy (non-hydrogen) atoms. The standard InChI is InChI=1S/C9H10ClN5O3/c1-14-3-2-5(8(14)16)12-7-6(15(17)18)4-11-9(10)13-7/h4-5H,2-3H2,1H3,(H,11,12,13). The summed E-state index contributed by atoms with van der Waals surface area (Å²) in [5, 5.41) is 13.4. The molecule has 0 saturated carbocycles. The minimum atomic E-state index is -0.623. The molecule has 1 aliphatic rings. The summed E-state index contributed by atoms with van der Waals surface area (Å²) in [5.41, 5.74) is -0.304. The normalized spacial score (nSPS) is 19.1. The average molecular weight is 272 g/mol. The maximum atomic E-state index is 11.7. The van der Waals surface area contributed by atoms with Crippen LogP contribution in [0, 0.1) is 10.1 Å². The Morgan fingerprint density at radius 3 is 2.94 bits per heavy atom. The van der Waals surface area contributed by atoms with E-state index in [-0.39, 0.29) is 22.7 Å². The molecule has 8 nitrogen and oxygen atoms in total. The van der Waals surface area contributed by atoms with Crippen molar-refractivity contribution in [2.45, 2.75) is 12.5 Å². The van der Waals surface area contributed by atoms with E-state index >= 15 is 0 Å². The Hall–Kier alpha value is -1.96. The molecule has 1 amide bonds. The number of likely N-dealkylation sites (N-methyl/N-ethyl adjacent to an activating group) is 1. The highest BCUT2D eigenvalue weighted by Gasteiger charge is 2.31. The van der Waals surface area contributed by atoms with Gasteiger partial charge in [0, 0.05) is 13.6 Å². The van der Waals surface area contributed by atoms with Crippen LogP contribution < -0.4 is 5.32 Å². The van der Waals surface area contributed by atoms with Gasteiger partial charge in [0.25, 0.3) is 0 Å². The fourth-order valence-corrected chi connectivity index (χ4v) is 1.85. The predicted molar refractivity (Wildman–Crippen MR) is 63.4 cm³/mol. The molecule has 1 atom stereocenters. The molecule has 1 saturated heterocycles. The van der Waals surface area contributed by atoms with E-state index in [2.05, 4.69) is 15.3 Å². The number of amides is 1. The molecular formula is C9H10ClN5O3. The van der Waals surface area contributed by atoms with Crippen LogP contribution in [0.2, 0.25) is 5.28 Å². The number of rotatable bonds is 3. The van der Waals surface area contributed by atoms with Crippen molar-refractivity contribution in [2.75, 3.05) is 18.9 Å². The van der Waals surface area contributed by atoms with Gasteiger partial charge in [0.05, 0.1) is 4.92 Å². The number of aromatic nitrogens is 2. The van der Waals surface area contributed by atoms with Crippen molar-refractivity contribution >= 4 is 29.0 Å². The summed E-state index contributed by atoms with van der Waals surface area (Å²) in [6.45, 7) is 0.600. The lowest BCUT2D eigenvalue weighted by molar-refractivity contribution is -0.384. The van der Waals surface area contributed by atoms with Crippen LogP contribution in [0.25, 0.3) is 0 Å². The smallest absolute Gasteiger partial charge is 0.329 e. The van der Waals surface area contributed by atoms with E-state index in [1.807, 2.05) is 0 Å². The summed E-state index contributed by atoms with van der Waals surface area (Å²) in [6.07, 6.45) is 1.58. The molecule has 1 N–H and O–H groups in total. The molecule has 2 rings (SSSR count). The number of halogens is 1. The van der Waals surface area contributed by atoms with Gasteiger partial charge in [0.15, 0.2) is 0 Å². The summed E-state index contributed by atoms with van der Waals surface area (Å²) >= 11 is 5.59. The number of nitrogens with one attached hydrogen (secondary N) is 1. The van der Waals surface area contributed by atoms with Gasteiger partial charge >= 0.3 is 5.69 Å². The minimum absolute atomic E-state index is 0.0337. The summed E-state index contributed by atoms with van der Waals surface area (Å²) in [6, 6.07) is -0.514. The van der Waals surface area contributed by atoms with E-state index in [0.29, 0.717) is 13.0 Å². The van der Waals surface area contributed by atoms with Crippen molar-refractivity contribution in [1.29, 1.82) is 0 Å². The molecule has 1 aromatic heterocycles. The number of hydrogen-bond donors (Lipinski definition) is 1. The Labute approximate surface area is 107 Å². The lowest BCUT2D eigenvalue weighted by atomic mass is 10.2. The van der Waals surface area contributed by atoms with Crippen LogP contribution in [-0.4, -0.2) is 45.3 Å². The fraction of sp³-hybridized carbons (Fsp3) is 0.444. The van der Waals surface area contributed by atoms with Crippen LogP contribution in [0.3, 0.4) is 0 Å². The fourth-order valence-electron chi connectivity index (χ4n) is 1.72. The van der Waals surface area contributed by atoms with Gasteiger partial charge in [-0.3, -0.25) is 14.9 Å². The molecule has 0 bridgehead atoms. The molecule has 1 fully saturated rings. The number of carbonyl (C=O) groups is 1. The molecule has 1 unspecified atom stereocenters. The molecule has 96 valence electrons. The molecule has 1 aromatic rings. The second-order valence-corrected chi connectivity index (χ2v) is 4.21. The van der Waals surface area contributed by atoms with Gasteiger partial charge in [-0.15, -0.1) is 0 Å². The van der Waals surface area contributed by atoms with Crippen molar-refractivity contribution in [3.63, 3.8) is 0 Å². The number of hydrogen-bond acceptors (Lipinski definition) is 6. The highest BCUT2D eigenvalue weighted by Crippen LogP contribution is 2.24. The first-order valence-electron chi connectivity index (χ1n) is 5.17. The van der Waals surface area contributed by atoms with Crippen molar-refractivity contribution in [2.24, 2.45) is 0 Å². The number of nitrogens with zero attached hydrogens (tertiary/aromatic N) is 4. The van der Waals surface area contributed by atoms with E-state index in [4.69, 9.17) is 11.6 Å². The molecule has 2 heterocycles. The highest BCUT2D eigenvalue weighted by atomic mass is 35.5. The lowest BCUT2D eigenvalue weighted by Gasteiger charge is -2.12. The number of nitro groups is 1. The van der Waals surface area contributed by atoms with E-state index < -0.39 is 11.0 Å². The van der Waals surface area contributed by atoms with Crippen LogP contribution in [0.4, 0.5) is 11.5 Å². The summed E-state index contributed by atoms with van der Waals surface area (Å²) in [7, 11) is 1.67. The third kappa shape index (κ3) is 2.33. The minimum Gasteiger partial charge on any atom is -0.352 e. The van der Waals surface area contributed by atoms with E-state index in [9.17, 15) is 14.9 Å². The third-order valence-corrected chi connectivity index (χ3v) is 2.86. The average Bonchev–Trinajstić information content (AvgIpc) is 2.61. The van der Waals surface area contributed by atoms with Crippen LogP contribution in [-0.2, 0) is 4.79 Å². The van der Waals surface area contributed by atoms with Crippen molar-refractivity contribution < 1.29 is 9.72 Å². The first-order valence-corrected chi connectivity index (χ1v) is 5.55. The Morgan fingerprint density at radius 1 is 1.67 bits per heavy atom. The largest absolute Gasteiger partial charge is 0.352 e. The van der Waals surface area contributed by atoms with Gasteiger partial charge in [0.1, 0.15) is 12.2 Å². The Kier molecular flexibility index (Phi) is 3.28. The molecule has 0 spiro atoms. The van der Waals surface area contributed by atoms with Crippen molar-refractivity contribution in [1.82, 2.24) is 14.9 Å². The zero-order chi connectivity index (χ0) is 13.3. The van der Waals surface area contributed by atoms with Gasteiger partial charge < -0.3 is 10.2 Å². The van der Waals surface area contributed by atoms with Gasteiger partial charge in [-0.25, -0.2) is 4.98 Å². The molecule has 0 aromatic carbocycles. The zero-order valence-electron chi connectivity index (χ0n) is 9.46. The summed E-state index contributed by atoms with van der Waals surface area (Å²) in [5.74, 6) is -0.160. The Balaban J connectivity index is 2.25. The maximum Gasteiger partial charge on any atom is 0.329 e. The van der Waals surface area contributed by atoms with Gasteiger partial charge in [-0.05, 0) is 18.0 Å². The lowest BCUT2D eigenvalue weighted by Crippen LogP contribution is -2.31.